The molecule has 0 saturated carbocycles. The second-order valence-electron chi connectivity index (χ2n) is 2.88. The van der Waals surface area contributed by atoms with Crippen LogP contribution in [0.5, 0.6) is 0 Å². The fourth-order valence-corrected chi connectivity index (χ4v) is 0.860. The van der Waals surface area contributed by atoms with Crippen molar-refractivity contribution in [2.45, 2.75) is 6.92 Å². The van der Waals surface area contributed by atoms with Crippen LogP contribution >= 0.6 is 13.5 Å². The van der Waals surface area contributed by atoms with Crippen molar-refractivity contribution >= 4 is 13.5 Å². The van der Waals surface area contributed by atoms with E-state index in [1.165, 1.54) is 5.56 Å². The van der Waals surface area contributed by atoms with Crippen molar-refractivity contribution in [3.8, 4) is 0 Å². The maximum Gasteiger partial charge on any atom is 0.0943 e. The molecule has 76 valence electrons. The van der Waals surface area contributed by atoms with E-state index in [-0.39, 0.29) is 13.5 Å². The molecule has 14 heavy (non-hydrogen) atoms. The molecule has 0 unspecified atom stereocenters. The highest BCUT2D eigenvalue weighted by Gasteiger charge is 1.72. The molecule has 0 aliphatic heterocycles. The normalized spacial score (nSPS) is 8.14. The van der Waals surface area contributed by atoms with Crippen molar-refractivity contribution in [2.24, 2.45) is 7.05 Å². The lowest BCUT2D eigenvalue weighted by Gasteiger charge is -1.82. The van der Waals surface area contributed by atoms with Crippen molar-refractivity contribution in [3.63, 3.8) is 0 Å². The highest BCUT2D eigenvalue weighted by atomic mass is 32.1. The number of benzene rings is 1. The summed E-state index contributed by atoms with van der Waals surface area (Å²) in [5, 5.41) is 0. The minimum Gasteiger partial charge on any atom is -0.341 e. The molecule has 1 aromatic heterocycles. The zero-order chi connectivity index (χ0) is 9.52. The summed E-state index contributed by atoms with van der Waals surface area (Å²) in [5.41, 5.74) is 1.32. The average Bonchev–Trinajstić information content (AvgIpc) is 2.58. The third kappa shape index (κ3) is 5.43. The van der Waals surface area contributed by atoms with Gasteiger partial charge in [-0.2, -0.15) is 13.5 Å². The summed E-state index contributed by atoms with van der Waals surface area (Å²) in [5.74, 6) is 0. The van der Waals surface area contributed by atoms with Gasteiger partial charge in [-0.15, -0.1) is 0 Å². The molecular formula is C11H16N2S. The van der Waals surface area contributed by atoms with Crippen molar-refractivity contribution in [3.05, 3.63) is 54.6 Å². The van der Waals surface area contributed by atoms with Crippen LogP contribution in [-0.4, -0.2) is 9.55 Å². The molecule has 1 heterocycles. The van der Waals surface area contributed by atoms with Gasteiger partial charge < -0.3 is 4.57 Å². The van der Waals surface area contributed by atoms with Crippen LogP contribution in [0.15, 0.2) is 49.1 Å². The summed E-state index contributed by atoms with van der Waals surface area (Å²) < 4.78 is 1.89. The second-order valence-corrected chi connectivity index (χ2v) is 2.88. The van der Waals surface area contributed by atoms with E-state index in [1.807, 2.05) is 36.0 Å². The Balaban J connectivity index is 0.000000227. The van der Waals surface area contributed by atoms with E-state index in [2.05, 4.69) is 24.0 Å². The van der Waals surface area contributed by atoms with Crippen LogP contribution in [0.3, 0.4) is 0 Å². The number of nitrogens with zero attached hydrogens (tertiary/aromatic N) is 2. The molecule has 0 aliphatic carbocycles. The number of imidazole rings is 1. The highest BCUT2D eigenvalue weighted by Crippen LogP contribution is 1.92. The minimum absolute atomic E-state index is 0. The van der Waals surface area contributed by atoms with Gasteiger partial charge >= 0.3 is 0 Å². The molecule has 0 amide bonds. The molecular weight excluding hydrogens is 192 g/mol. The number of rotatable bonds is 0. The standard InChI is InChI=1S/C7H8.C4H6N2.H2S/c1-7-5-3-2-4-6-7;1-6-3-2-5-4-6;/h2-6H,1H3;2-4H,1H3;1H2. The molecule has 1 aromatic carbocycles. The summed E-state index contributed by atoms with van der Waals surface area (Å²) in [6.45, 7) is 2.08. The van der Waals surface area contributed by atoms with E-state index >= 15 is 0 Å². The summed E-state index contributed by atoms with van der Waals surface area (Å²) in [6.07, 6.45) is 5.39. The van der Waals surface area contributed by atoms with Gasteiger partial charge in [-0.05, 0) is 6.92 Å². The fraction of sp³-hybridized carbons (Fsp3) is 0.182. The average molecular weight is 208 g/mol. The van der Waals surface area contributed by atoms with Gasteiger partial charge in [0.05, 0.1) is 6.33 Å². The summed E-state index contributed by atoms with van der Waals surface area (Å²) >= 11 is 0. The number of aryl methyl sites for hydroxylation is 2. The van der Waals surface area contributed by atoms with E-state index in [0.717, 1.165) is 0 Å². The lowest BCUT2D eigenvalue weighted by Crippen LogP contribution is -1.76. The van der Waals surface area contributed by atoms with Crippen LogP contribution in [0.25, 0.3) is 0 Å². The molecule has 0 bridgehead atoms. The Morgan fingerprint density at radius 2 is 1.79 bits per heavy atom. The van der Waals surface area contributed by atoms with E-state index < -0.39 is 0 Å². The molecule has 2 nitrogen and oxygen atoms in total. The Morgan fingerprint density at radius 3 is 2.00 bits per heavy atom. The Kier molecular flexibility index (Phi) is 6.58. The van der Waals surface area contributed by atoms with Gasteiger partial charge in [0.1, 0.15) is 0 Å². The van der Waals surface area contributed by atoms with Gasteiger partial charge in [0, 0.05) is 19.4 Å². The van der Waals surface area contributed by atoms with Crippen LogP contribution in [-0.2, 0) is 7.05 Å². The SMILES string of the molecule is Cc1ccccc1.Cn1ccnc1.S. The van der Waals surface area contributed by atoms with Crippen molar-refractivity contribution in [1.29, 1.82) is 0 Å². The molecule has 0 saturated heterocycles. The molecule has 3 heteroatoms. The highest BCUT2D eigenvalue weighted by molar-refractivity contribution is 7.59. The third-order valence-corrected chi connectivity index (χ3v) is 1.58. The number of hydrogen-bond acceptors (Lipinski definition) is 1. The Hall–Kier alpha value is -1.22. The first-order valence-electron chi connectivity index (χ1n) is 4.22. The predicted octanol–water partition coefficient (Wildman–Crippen LogP) is 2.53. The summed E-state index contributed by atoms with van der Waals surface area (Å²) in [7, 11) is 1.94. The smallest absolute Gasteiger partial charge is 0.0943 e. The zero-order valence-corrected chi connectivity index (χ0v) is 9.51. The number of hydrogen-bond donors (Lipinski definition) is 0. The Morgan fingerprint density at radius 1 is 1.14 bits per heavy atom. The Labute approximate surface area is 92.1 Å². The maximum atomic E-state index is 3.78. The first-order chi connectivity index (χ1) is 6.29. The first kappa shape index (κ1) is 12.8. The van der Waals surface area contributed by atoms with Crippen LogP contribution < -0.4 is 0 Å². The van der Waals surface area contributed by atoms with Gasteiger partial charge in [-0.3, -0.25) is 0 Å². The fourth-order valence-electron chi connectivity index (χ4n) is 0.860. The Bertz CT molecular complexity index is 316. The first-order valence-corrected chi connectivity index (χ1v) is 4.22. The lowest BCUT2D eigenvalue weighted by molar-refractivity contribution is 0.913. The number of aromatic nitrogens is 2. The quantitative estimate of drug-likeness (QED) is 0.650. The predicted molar refractivity (Wildman–Crippen MR) is 64.8 cm³/mol. The third-order valence-electron chi connectivity index (χ3n) is 1.58. The molecule has 0 atom stereocenters. The van der Waals surface area contributed by atoms with Gasteiger partial charge in [0.2, 0.25) is 0 Å². The van der Waals surface area contributed by atoms with E-state index in [1.54, 1.807) is 12.5 Å². The van der Waals surface area contributed by atoms with Crippen molar-refractivity contribution in [2.75, 3.05) is 0 Å². The largest absolute Gasteiger partial charge is 0.341 e. The monoisotopic (exact) mass is 208 g/mol. The molecule has 0 aliphatic rings. The second kappa shape index (κ2) is 7.21. The summed E-state index contributed by atoms with van der Waals surface area (Å²) in [6, 6.07) is 10.3. The maximum absolute atomic E-state index is 3.78. The van der Waals surface area contributed by atoms with Gasteiger partial charge in [0.25, 0.3) is 0 Å². The van der Waals surface area contributed by atoms with E-state index in [0.29, 0.717) is 0 Å². The van der Waals surface area contributed by atoms with Crippen LogP contribution in [0.4, 0.5) is 0 Å². The van der Waals surface area contributed by atoms with Crippen molar-refractivity contribution in [1.82, 2.24) is 9.55 Å². The topological polar surface area (TPSA) is 17.8 Å². The van der Waals surface area contributed by atoms with E-state index in [4.69, 9.17) is 0 Å². The van der Waals surface area contributed by atoms with Gasteiger partial charge in [-0.1, -0.05) is 35.9 Å². The van der Waals surface area contributed by atoms with Gasteiger partial charge in [-0.25, -0.2) is 4.98 Å². The molecule has 2 rings (SSSR count). The lowest BCUT2D eigenvalue weighted by atomic mass is 10.2. The molecule has 0 N–H and O–H groups in total. The molecule has 0 fully saturated rings. The molecule has 0 spiro atoms. The van der Waals surface area contributed by atoms with Crippen LogP contribution in [0, 0.1) is 6.92 Å². The zero-order valence-electron chi connectivity index (χ0n) is 8.51. The molecule has 2 aromatic rings. The summed E-state index contributed by atoms with van der Waals surface area (Å²) in [4.78, 5) is 3.78. The van der Waals surface area contributed by atoms with Gasteiger partial charge in [0.15, 0.2) is 0 Å². The van der Waals surface area contributed by atoms with Crippen molar-refractivity contribution < 1.29 is 0 Å². The van der Waals surface area contributed by atoms with Crippen LogP contribution in [0.2, 0.25) is 0 Å². The minimum atomic E-state index is 0. The van der Waals surface area contributed by atoms with Crippen LogP contribution in [0.1, 0.15) is 5.56 Å². The molecule has 0 radical (unpaired) electrons. The van der Waals surface area contributed by atoms with E-state index in [9.17, 15) is 0 Å².